The summed E-state index contributed by atoms with van der Waals surface area (Å²) in [6.45, 7) is 9.16. The SMILES string of the molecule is CC1CCCN(CCCN=C(N)N2CCCCC2)C1.I. The van der Waals surface area contributed by atoms with Crippen LogP contribution in [0.1, 0.15) is 45.4 Å². The first kappa shape index (κ1) is 18.0. The molecule has 0 radical (unpaired) electrons. The number of piperidine rings is 2. The predicted octanol–water partition coefficient (Wildman–Crippen LogP) is 2.53. The van der Waals surface area contributed by atoms with Crippen molar-refractivity contribution in [2.24, 2.45) is 16.6 Å². The van der Waals surface area contributed by atoms with Gasteiger partial charge < -0.3 is 15.5 Å². The molecule has 0 spiro atoms. The Bertz CT molecular complexity index is 290. The Labute approximate surface area is 141 Å². The zero-order chi connectivity index (χ0) is 13.5. The van der Waals surface area contributed by atoms with Crippen LogP contribution >= 0.6 is 24.0 Å². The van der Waals surface area contributed by atoms with E-state index in [0.29, 0.717) is 0 Å². The van der Waals surface area contributed by atoms with E-state index < -0.39 is 0 Å². The van der Waals surface area contributed by atoms with Crippen LogP contribution < -0.4 is 5.73 Å². The smallest absolute Gasteiger partial charge is 0.191 e. The van der Waals surface area contributed by atoms with E-state index in [2.05, 4.69) is 21.7 Å². The van der Waals surface area contributed by atoms with Gasteiger partial charge in [-0.25, -0.2) is 0 Å². The van der Waals surface area contributed by atoms with Crippen LogP contribution in [0.3, 0.4) is 0 Å². The highest BCUT2D eigenvalue weighted by atomic mass is 127. The summed E-state index contributed by atoms with van der Waals surface area (Å²) in [4.78, 5) is 9.37. The molecule has 20 heavy (non-hydrogen) atoms. The van der Waals surface area contributed by atoms with Crippen molar-refractivity contribution in [2.75, 3.05) is 39.3 Å². The molecule has 0 aromatic carbocycles. The minimum absolute atomic E-state index is 0. The predicted molar refractivity (Wildman–Crippen MR) is 96.8 cm³/mol. The Morgan fingerprint density at radius 1 is 1.15 bits per heavy atom. The molecule has 0 aromatic rings. The second-order valence-corrected chi connectivity index (χ2v) is 6.19. The van der Waals surface area contributed by atoms with Crippen molar-refractivity contribution in [1.82, 2.24) is 9.80 Å². The second-order valence-electron chi connectivity index (χ2n) is 6.19. The van der Waals surface area contributed by atoms with Gasteiger partial charge in [-0.3, -0.25) is 4.99 Å². The van der Waals surface area contributed by atoms with Gasteiger partial charge in [0.1, 0.15) is 0 Å². The van der Waals surface area contributed by atoms with Crippen LogP contribution in [0.5, 0.6) is 0 Å². The van der Waals surface area contributed by atoms with Gasteiger partial charge in [-0.15, -0.1) is 24.0 Å². The number of rotatable bonds is 4. The van der Waals surface area contributed by atoms with Gasteiger partial charge in [0, 0.05) is 26.2 Å². The second kappa shape index (κ2) is 9.82. The number of nitrogens with zero attached hydrogens (tertiary/aromatic N) is 3. The standard InChI is InChI=1S/C15H30N4.HI/c1-14-7-5-9-18(13-14)10-6-8-17-15(16)19-11-3-2-4-12-19;/h14H,2-13H2,1H3,(H2,16,17);1H. The molecular formula is C15H31IN4. The zero-order valence-electron chi connectivity index (χ0n) is 12.9. The van der Waals surface area contributed by atoms with Crippen molar-refractivity contribution in [3.8, 4) is 0 Å². The lowest BCUT2D eigenvalue weighted by atomic mass is 10.0. The third kappa shape index (κ3) is 6.16. The van der Waals surface area contributed by atoms with E-state index in [0.717, 1.165) is 37.9 Å². The molecule has 4 nitrogen and oxygen atoms in total. The lowest BCUT2D eigenvalue weighted by molar-refractivity contribution is 0.183. The fourth-order valence-corrected chi connectivity index (χ4v) is 3.20. The van der Waals surface area contributed by atoms with Crippen molar-refractivity contribution >= 4 is 29.9 Å². The van der Waals surface area contributed by atoms with Gasteiger partial charge in [0.15, 0.2) is 5.96 Å². The highest BCUT2D eigenvalue weighted by Gasteiger charge is 2.15. The first-order chi connectivity index (χ1) is 9.25. The molecule has 5 heteroatoms. The van der Waals surface area contributed by atoms with Gasteiger partial charge in [-0.2, -0.15) is 0 Å². The fraction of sp³-hybridized carbons (Fsp3) is 0.933. The average Bonchev–Trinajstić information content (AvgIpc) is 2.44. The molecule has 0 aromatic heterocycles. The Balaban J connectivity index is 0.00000200. The van der Waals surface area contributed by atoms with Crippen LogP contribution in [0.2, 0.25) is 0 Å². The third-order valence-corrected chi connectivity index (χ3v) is 4.33. The molecule has 2 saturated heterocycles. The molecule has 0 aliphatic carbocycles. The molecular weight excluding hydrogens is 363 g/mol. The molecule has 118 valence electrons. The Morgan fingerprint density at radius 2 is 1.90 bits per heavy atom. The molecule has 2 aliphatic rings. The molecule has 1 atom stereocenters. The van der Waals surface area contributed by atoms with Gasteiger partial charge in [0.2, 0.25) is 0 Å². The third-order valence-electron chi connectivity index (χ3n) is 4.33. The maximum atomic E-state index is 6.05. The van der Waals surface area contributed by atoms with Crippen molar-refractivity contribution in [3.63, 3.8) is 0 Å². The van der Waals surface area contributed by atoms with Crippen LogP contribution in [-0.2, 0) is 0 Å². The first-order valence-electron chi connectivity index (χ1n) is 8.03. The number of guanidine groups is 1. The van der Waals surface area contributed by atoms with E-state index in [4.69, 9.17) is 5.73 Å². The van der Waals surface area contributed by atoms with Gasteiger partial charge in [-0.1, -0.05) is 6.92 Å². The van der Waals surface area contributed by atoms with Crippen molar-refractivity contribution in [2.45, 2.75) is 45.4 Å². The maximum absolute atomic E-state index is 6.05. The van der Waals surface area contributed by atoms with Crippen LogP contribution in [-0.4, -0.2) is 55.0 Å². The summed E-state index contributed by atoms with van der Waals surface area (Å²) in [5.41, 5.74) is 6.05. The van der Waals surface area contributed by atoms with Crippen molar-refractivity contribution in [3.05, 3.63) is 0 Å². The monoisotopic (exact) mass is 394 g/mol. The highest BCUT2D eigenvalue weighted by Crippen LogP contribution is 2.15. The molecule has 0 bridgehead atoms. The highest BCUT2D eigenvalue weighted by molar-refractivity contribution is 14.0. The summed E-state index contributed by atoms with van der Waals surface area (Å²) in [6, 6.07) is 0. The van der Waals surface area contributed by atoms with Gasteiger partial charge in [0.05, 0.1) is 0 Å². The molecule has 2 N–H and O–H groups in total. The normalized spacial score (nSPS) is 25.4. The average molecular weight is 394 g/mol. The zero-order valence-corrected chi connectivity index (χ0v) is 15.2. The lowest BCUT2D eigenvalue weighted by Crippen LogP contribution is -2.41. The summed E-state index contributed by atoms with van der Waals surface area (Å²) in [5.74, 6) is 1.64. The Morgan fingerprint density at radius 3 is 2.60 bits per heavy atom. The minimum atomic E-state index is 0. The van der Waals surface area contributed by atoms with E-state index >= 15 is 0 Å². The largest absolute Gasteiger partial charge is 0.370 e. The summed E-state index contributed by atoms with van der Waals surface area (Å²) in [6.07, 6.45) is 7.78. The summed E-state index contributed by atoms with van der Waals surface area (Å²) >= 11 is 0. The van der Waals surface area contributed by atoms with Crippen molar-refractivity contribution < 1.29 is 0 Å². The van der Waals surface area contributed by atoms with Crippen molar-refractivity contribution in [1.29, 1.82) is 0 Å². The fourth-order valence-electron chi connectivity index (χ4n) is 3.20. The van der Waals surface area contributed by atoms with E-state index in [1.807, 2.05) is 0 Å². The Hall–Kier alpha value is -0.0400. The Kier molecular flexibility index (Phi) is 8.84. The summed E-state index contributed by atoms with van der Waals surface area (Å²) < 4.78 is 0. The quantitative estimate of drug-likeness (QED) is 0.345. The number of nitrogens with two attached hydrogens (primary N) is 1. The number of likely N-dealkylation sites (tertiary alicyclic amines) is 2. The van der Waals surface area contributed by atoms with E-state index in [1.165, 1.54) is 51.7 Å². The molecule has 2 rings (SSSR count). The number of hydrogen-bond donors (Lipinski definition) is 1. The number of halogens is 1. The molecule has 2 fully saturated rings. The minimum Gasteiger partial charge on any atom is -0.370 e. The van der Waals surface area contributed by atoms with Crippen LogP contribution in [0.15, 0.2) is 4.99 Å². The summed E-state index contributed by atoms with van der Waals surface area (Å²) in [5, 5.41) is 0. The molecule has 2 aliphatic heterocycles. The van der Waals surface area contributed by atoms with E-state index in [9.17, 15) is 0 Å². The van der Waals surface area contributed by atoms with Crippen LogP contribution in [0.25, 0.3) is 0 Å². The van der Waals surface area contributed by atoms with E-state index in [1.54, 1.807) is 0 Å². The molecule has 1 unspecified atom stereocenters. The maximum Gasteiger partial charge on any atom is 0.191 e. The summed E-state index contributed by atoms with van der Waals surface area (Å²) in [7, 11) is 0. The van der Waals surface area contributed by atoms with Crippen LogP contribution in [0, 0.1) is 5.92 Å². The van der Waals surface area contributed by atoms with Gasteiger partial charge in [-0.05, 0) is 57.5 Å². The van der Waals surface area contributed by atoms with Gasteiger partial charge >= 0.3 is 0 Å². The van der Waals surface area contributed by atoms with E-state index in [-0.39, 0.29) is 24.0 Å². The molecule has 2 heterocycles. The molecule has 0 saturated carbocycles. The van der Waals surface area contributed by atoms with Gasteiger partial charge in [0.25, 0.3) is 0 Å². The number of aliphatic imine (C=N–C) groups is 1. The molecule has 0 amide bonds. The topological polar surface area (TPSA) is 44.9 Å². The lowest BCUT2D eigenvalue weighted by Gasteiger charge is -2.30. The number of hydrogen-bond acceptors (Lipinski definition) is 2. The van der Waals surface area contributed by atoms with Crippen LogP contribution in [0.4, 0.5) is 0 Å². The first-order valence-corrected chi connectivity index (χ1v) is 8.03.